The van der Waals surface area contributed by atoms with Crippen molar-refractivity contribution in [3.63, 3.8) is 0 Å². The van der Waals surface area contributed by atoms with Crippen LogP contribution in [0.2, 0.25) is 0 Å². The fourth-order valence-corrected chi connectivity index (χ4v) is 1.06. The zero-order valence-electron chi connectivity index (χ0n) is 6.61. The number of nitrogens with two attached hydrogens (primary N) is 2. The maximum atomic E-state index is 10.8. The average Bonchev–Trinajstić information content (AvgIpc) is 2.47. The second kappa shape index (κ2) is 2.44. The smallest absolute Gasteiger partial charge is 0.250 e. The first kappa shape index (κ1) is 7.53. The van der Waals surface area contributed by atoms with Crippen molar-refractivity contribution in [2.24, 2.45) is 5.73 Å². The molecular weight excluding hydrogens is 170 g/mol. The molecule has 0 saturated heterocycles. The molecular formula is C7H7N5O. The van der Waals surface area contributed by atoms with Crippen LogP contribution in [-0.4, -0.2) is 21.1 Å². The van der Waals surface area contributed by atoms with Crippen LogP contribution < -0.4 is 11.5 Å². The number of fused-ring (bicyclic) bond motifs is 1. The molecule has 0 aliphatic rings. The van der Waals surface area contributed by atoms with E-state index in [0.717, 1.165) is 0 Å². The van der Waals surface area contributed by atoms with Gasteiger partial charge in [-0.2, -0.15) is 5.10 Å². The molecule has 0 saturated carbocycles. The molecule has 0 aliphatic heterocycles. The van der Waals surface area contributed by atoms with Crippen LogP contribution in [0.3, 0.4) is 0 Å². The Labute approximate surface area is 72.9 Å². The summed E-state index contributed by atoms with van der Waals surface area (Å²) < 4.78 is 0. The number of anilines is 1. The molecule has 13 heavy (non-hydrogen) atoms. The first-order valence-electron chi connectivity index (χ1n) is 3.58. The van der Waals surface area contributed by atoms with Gasteiger partial charge in [0.15, 0.2) is 5.82 Å². The standard InChI is InChI=1S/C7H7N5O/c8-6-5-4(11-12-6)1-3(2-10-5)7(9)13/h1-2H,(H2,9,13)(H3,8,11,12). The summed E-state index contributed by atoms with van der Waals surface area (Å²) in [6, 6.07) is 1.56. The lowest BCUT2D eigenvalue weighted by Gasteiger charge is -1.93. The molecule has 0 unspecified atom stereocenters. The Morgan fingerprint density at radius 1 is 1.54 bits per heavy atom. The summed E-state index contributed by atoms with van der Waals surface area (Å²) in [5, 5.41) is 6.37. The van der Waals surface area contributed by atoms with Gasteiger partial charge in [0.25, 0.3) is 0 Å². The van der Waals surface area contributed by atoms with E-state index < -0.39 is 5.91 Å². The molecule has 0 aliphatic carbocycles. The molecule has 0 aromatic carbocycles. The molecule has 0 radical (unpaired) electrons. The predicted molar refractivity (Wildman–Crippen MR) is 46.8 cm³/mol. The number of hydrogen-bond donors (Lipinski definition) is 3. The van der Waals surface area contributed by atoms with Crippen LogP contribution in [0.5, 0.6) is 0 Å². The topological polar surface area (TPSA) is 111 Å². The molecule has 2 rings (SSSR count). The van der Waals surface area contributed by atoms with Crippen molar-refractivity contribution in [3.8, 4) is 0 Å². The number of carbonyl (C=O) groups is 1. The van der Waals surface area contributed by atoms with Crippen LogP contribution in [0, 0.1) is 0 Å². The number of aromatic nitrogens is 3. The number of hydrogen-bond acceptors (Lipinski definition) is 4. The van der Waals surface area contributed by atoms with E-state index in [2.05, 4.69) is 15.2 Å². The van der Waals surface area contributed by atoms with Gasteiger partial charge in [-0.3, -0.25) is 9.89 Å². The monoisotopic (exact) mass is 177 g/mol. The molecule has 0 bridgehead atoms. The van der Waals surface area contributed by atoms with E-state index in [1.165, 1.54) is 6.20 Å². The van der Waals surface area contributed by atoms with Crippen molar-refractivity contribution in [1.29, 1.82) is 0 Å². The van der Waals surface area contributed by atoms with Gasteiger partial charge in [-0.15, -0.1) is 0 Å². The Hall–Kier alpha value is -2.11. The number of amides is 1. The van der Waals surface area contributed by atoms with E-state index in [-0.39, 0.29) is 0 Å². The highest BCUT2D eigenvalue weighted by molar-refractivity contribution is 5.96. The molecule has 6 nitrogen and oxygen atoms in total. The van der Waals surface area contributed by atoms with Gasteiger partial charge in [-0.1, -0.05) is 0 Å². The molecule has 0 spiro atoms. The van der Waals surface area contributed by atoms with Crippen LogP contribution in [-0.2, 0) is 0 Å². The van der Waals surface area contributed by atoms with Gasteiger partial charge in [0.2, 0.25) is 5.91 Å². The summed E-state index contributed by atoms with van der Waals surface area (Å²) in [6.45, 7) is 0. The van der Waals surface area contributed by atoms with Crippen LogP contribution >= 0.6 is 0 Å². The summed E-state index contributed by atoms with van der Waals surface area (Å²) >= 11 is 0. The SMILES string of the molecule is NC(=O)c1cnc2c(N)n[nH]c2c1. The second-order valence-electron chi connectivity index (χ2n) is 2.59. The normalized spacial score (nSPS) is 10.5. The van der Waals surface area contributed by atoms with Crippen molar-refractivity contribution in [3.05, 3.63) is 17.8 Å². The fraction of sp³-hybridized carbons (Fsp3) is 0. The molecule has 66 valence electrons. The van der Waals surface area contributed by atoms with Gasteiger partial charge >= 0.3 is 0 Å². The lowest BCUT2D eigenvalue weighted by atomic mass is 10.2. The lowest BCUT2D eigenvalue weighted by molar-refractivity contribution is 0.1000. The van der Waals surface area contributed by atoms with Gasteiger partial charge in [-0.05, 0) is 6.07 Å². The maximum Gasteiger partial charge on any atom is 0.250 e. The molecule has 1 amide bonds. The zero-order valence-corrected chi connectivity index (χ0v) is 6.61. The minimum atomic E-state index is -0.525. The van der Waals surface area contributed by atoms with E-state index >= 15 is 0 Å². The van der Waals surface area contributed by atoms with E-state index in [1.54, 1.807) is 6.07 Å². The quantitative estimate of drug-likeness (QED) is 0.552. The minimum absolute atomic E-state index is 0.311. The summed E-state index contributed by atoms with van der Waals surface area (Å²) in [7, 11) is 0. The highest BCUT2D eigenvalue weighted by Gasteiger charge is 2.06. The third-order valence-corrected chi connectivity index (χ3v) is 1.71. The van der Waals surface area contributed by atoms with Gasteiger partial charge in [0.05, 0.1) is 11.1 Å². The van der Waals surface area contributed by atoms with Gasteiger partial charge in [-0.25, -0.2) is 4.98 Å². The van der Waals surface area contributed by atoms with E-state index in [1.807, 2.05) is 0 Å². The van der Waals surface area contributed by atoms with E-state index in [4.69, 9.17) is 11.5 Å². The molecule has 2 heterocycles. The number of carbonyl (C=O) groups excluding carboxylic acids is 1. The number of pyridine rings is 1. The van der Waals surface area contributed by atoms with E-state index in [0.29, 0.717) is 22.4 Å². The summed E-state index contributed by atoms with van der Waals surface area (Å²) in [6.07, 6.45) is 1.37. The van der Waals surface area contributed by atoms with Crippen molar-refractivity contribution >= 4 is 22.8 Å². The Morgan fingerprint density at radius 3 is 3.00 bits per heavy atom. The summed E-state index contributed by atoms with van der Waals surface area (Å²) in [5.41, 5.74) is 12.0. The Bertz CT molecular complexity index is 475. The highest BCUT2D eigenvalue weighted by Crippen LogP contribution is 2.15. The molecule has 2 aromatic rings. The minimum Gasteiger partial charge on any atom is -0.380 e. The number of aromatic amines is 1. The van der Waals surface area contributed by atoms with Crippen molar-refractivity contribution in [2.75, 3.05) is 5.73 Å². The molecule has 2 aromatic heterocycles. The van der Waals surface area contributed by atoms with Crippen LogP contribution in [0.4, 0.5) is 5.82 Å². The van der Waals surface area contributed by atoms with Gasteiger partial charge in [0, 0.05) is 6.20 Å². The van der Waals surface area contributed by atoms with E-state index in [9.17, 15) is 4.79 Å². The van der Waals surface area contributed by atoms with Crippen LogP contribution in [0.1, 0.15) is 10.4 Å². The Balaban J connectivity index is 2.70. The first-order chi connectivity index (χ1) is 6.18. The summed E-state index contributed by atoms with van der Waals surface area (Å²) in [4.78, 5) is 14.7. The van der Waals surface area contributed by atoms with Gasteiger partial charge < -0.3 is 11.5 Å². The van der Waals surface area contributed by atoms with Gasteiger partial charge in [0.1, 0.15) is 5.52 Å². The first-order valence-corrected chi connectivity index (χ1v) is 3.58. The molecule has 6 heteroatoms. The van der Waals surface area contributed by atoms with Crippen molar-refractivity contribution < 1.29 is 4.79 Å². The molecule has 0 fully saturated rings. The third-order valence-electron chi connectivity index (χ3n) is 1.71. The predicted octanol–water partition coefficient (Wildman–Crippen LogP) is -0.361. The lowest BCUT2D eigenvalue weighted by Crippen LogP contribution is -2.10. The largest absolute Gasteiger partial charge is 0.380 e. The zero-order chi connectivity index (χ0) is 9.42. The Morgan fingerprint density at radius 2 is 2.31 bits per heavy atom. The summed E-state index contributed by atoms with van der Waals surface area (Å²) in [5.74, 6) is -0.214. The molecule has 0 atom stereocenters. The van der Waals surface area contributed by atoms with Crippen molar-refractivity contribution in [2.45, 2.75) is 0 Å². The average molecular weight is 177 g/mol. The molecule has 5 N–H and O–H groups in total. The number of H-pyrrole nitrogens is 1. The van der Waals surface area contributed by atoms with Crippen molar-refractivity contribution in [1.82, 2.24) is 15.2 Å². The van der Waals surface area contributed by atoms with Crippen LogP contribution in [0.25, 0.3) is 11.0 Å². The Kier molecular flexibility index (Phi) is 1.42. The second-order valence-corrected chi connectivity index (χ2v) is 2.59. The fourth-order valence-electron chi connectivity index (χ4n) is 1.06. The maximum absolute atomic E-state index is 10.8. The van der Waals surface area contributed by atoms with Crippen LogP contribution in [0.15, 0.2) is 12.3 Å². The number of primary amides is 1. The number of nitrogens with one attached hydrogen (secondary N) is 1. The highest BCUT2D eigenvalue weighted by atomic mass is 16.1. The number of nitrogen functional groups attached to an aromatic ring is 1. The third kappa shape index (κ3) is 1.08. The number of rotatable bonds is 1. The number of nitrogens with zero attached hydrogens (tertiary/aromatic N) is 2.